The highest BCUT2D eigenvalue weighted by Gasteiger charge is 2.24. The first-order valence-corrected chi connectivity index (χ1v) is 7.68. The van der Waals surface area contributed by atoms with E-state index in [-0.39, 0.29) is 17.5 Å². The van der Waals surface area contributed by atoms with Crippen LogP contribution in [-0.2, 0) is 10.0 Å². The summed E-state index contributed by atoms with van der Waals surface area (Å²) in [5, 5.41) is 14.3. The van der Waals surface area contributed by atoms with Gasteiger partial charge in [-0.2, -0.15) is 0 Å². The maximum atomic E-state index is 14.0. The SMILES string of the molecule is NS(=O)(=O)c1ccc(N2CCCCC2CO)c(F)c1. The van der Waals surface area contributed by atoms with Crippen molar-refractivity contribution in [2.24, 2.45) is 5.14 Å². The van der Waals surface area contributed by atoms with Crippen molar-refractivity contribution < 1.29 is 17.9 Å². The molecule has 1 saturated heterocycles. The van der Waals surface area contributed by atoms with Crippen molar-refractivity contribution in [3.05, 3.63) is 24.0 Å². The number of sulfonamides is 1. The summed E-state index contributed by atoms with van der Waals surface area (Å²) >= 11 is 0. The molecule has 0 bridgehead atoms. The number of hydrogen-bond donors (Lipinski definition) is 2. The molecule has 0 radical (unpaired) electrons. The highest BCUT2D eigenvalue weighted by molar-refractivity contribution is 7.89. The average molecular weight is 288 g/mol. The summed E-state index contributed by atoms with van der Waals surface area (Å²) < 4.78 is 36.3. The van der Waals surface area contributed by atoms with Gasteiger partial charge in [0.05, 0.1) is 23.2 Å². The molecule has 1 aromatic carbocycles. The Hall–Kier alpha value is -1.18. The average Bonchev–Trinajstić information content (AvgIpc) is 2.37. The molecule has 1 unspecified atom stereocenters. The Kier molecular flexibility index (Phi) is 4.07. The Labute approximate surface area is 111 Å². The molecule has 1 aliphatic rings. The molecule has 1 heterocycles. The lowest BCUT2D eigenvalue weighted by Gasteiger charge is -2.36. The molecule has 1 fully saturated rings. The van der Waals surface area contributed by atoms with E-state index in [4.69, 9.17) is 5.14 Å². The van der Waals surface area contributed by atoms with Crippen molar-refractivity contribution in [1.29, 1.82) is 0 Å². The summed E-state index contributed by atoms with van der Waals surface area (Å²) in [6.07, 6.45) is 2.72. The number of rotatable bonds is 3. The first kappa shape index (κ1) is 14.2. The number of anilines is 1. The van der Waals surface area contributed by atoms with Crippen molar-refractivity contribution in [3.63, 3.8) is 0 Å². The number of nitrogens with two attached hydrogens (primary N) is 1. The van der Waals surface area contributed by atoms with Crippen molar-refractivity contribution in [2.45, 2.75) is 30.2 Å². The molecule has 1 atom stereocenters. The Morgan fingerprint density at radius 1 is 1.42 bits per heavy atom. The third-order valence-electron chi connectivity index (χ3n) is 3.39. The topological polar surface area (TPSA) is 83.6 Å². The van der Waals surface area contributed by atoms with Crippen LogP contribution in [0, 0.1) is 5.82 Å². The fraction of sp³-hybridized carbons (Fsp3) is 0.500. The number of nitrogens with zero attached hydrogens (tertiary/aromatic N) is 1. The van der Waals surface area contributed by atoms with Gasteiger partial charge in [0.15, 0.2) is 0 Å². The van der Waals surface area contributed by atoms with Gasteiger partial charge in [-0.25, -0.2) is 17.9 Å². The molecule has 1 aliphatic heterocycles. The maximum Gasteiger partial charge on any atom is 0.238 e. The second-order valence-corrected chi connectivity index (χ2v) is 6.25. The number of aliphatic hydroxyl groups excluding tert-OH is 1. The van der Waals surface area contributed by atoms with Gasteiger partial charge >= 0.3 is 0 Å². The standard InChI is InChI=1S/C12H17FN2O3S/c13-11-7-10(19(14,17)18)4-5-12(11)15-6-2-1-3-9(15)8-16/h4-5,7,9,16H,1-3,6,8H2,(H2,14,17,18). The monoisotopic (exact) mass is 288 g/mol. The minimum absolute atomic E-state index is 0.0453. The Morgan fingerprint density at radius 2 is 2.16 bits per heavy atom. The molecule has 1 aromatic rings. The number of benzene rings is 1. The highest BCUT2D eigenvalue weighted by atomic mass is 32.2. The molecule has 7 heteroatoms. The van der Waals surface area contributed by atoms with Gasteiger partial charge in [-0.05, 0) is 37.5 Å². The van der Waals surface area contributed by atoms with E-state index in [1.165, 1.54) is 12.1 Å². The van der Waals surface area contributed by atoms with Gasteiger partial charge in [0.1, 0.15) is 5.82 Å². The van der Waals surface area contributed by atoms with Crippen molar-refractivity contribution >= 4 is 15.7 Å². The third-order valence-corrected chi connectivity index (χ3v) is 4.31. The van der Waals surface area contributed by atoms with Crippen LogP contribution in [0.15, 0.2) is 23.1 Å². The van der Waals surface area contributed by atoms with E-state index in [0.29, 0.717) is 12.2 Å². The number of primary sulfonamides is 1. The number of aliphatic hydroxyl groups is 1. The summed E-state index contributed by atoms with van der Waals surface area (Å²) in [7, 11) is -3.90. The zero-order chi connectivity index (χ0) is 14.0. The Morgan fingerprint density at radius 3 is 2.74 bits per heavy atom. The van der Waals surface area contributed by atoms with Gasteiger partial charge in [0.25, 0.3) is 0 Å². The van der Waals surface area contributed by atoms with Crippen LogP contribution in [-0.4, -0.2) is 32.7 Å². The fourth-order valence-electron chi connectivity index (χ4n) is 2.41. The molecular formula is C12H17FN2O3S. The van der Waals surface area contributed by atoms with Crippen LogP contribution in [0.1, 0.15) is 19.3 Å². The quantitative estimate of drug-likeness (QED) is 0.862. The Bertz CT molecular complexity index is 562. The molecular weight excluding hydrogens is 271 g/mol. The second kappa shape index (κ2) is 5.44. The van der Waals surface area contributed by atoms with Crippen LogP contribution >= 0.6 is 0 Å². The van der Waals surface area contributed by atoms with Crippen LogP contribution in [0.4, 0.5) is 10.1 Å². The fourth-order valence-corrected chi connectivity index (χ4v) is 2.93. The molecule has 0 aliphatic carbocycles. The van der Waals surface area contributed by atoms with E-state index in [9.17, 15) is 17.9 Å². The Balaban J connectivity index is 2.35. The lowest BCUT2D eigenvalue weighted by Crippen LogP contribution is -2.42. The van der Waals surface area contributed by atoms with Crippen molar-refractivity contribution in [3.8, 4) is 0 Å². The normalized spacial score (nSPS) is 20.6. The highest BCUT2D eigenvalue weighted by Crippen LogP contribution is 2.28. The van der Waals surface area contributed by atoms with Gasteiger partial charge < -0.3 is 10.0 Å². The number of halogens is 1. The summed E-state index contributed by atoms with van der Waals surface area (Å²) in [6, 6.07) is 3.50. The number of piperidine rings is 1. The van der Waals surface area contributed by atoms with E-state index >= 15 is 0 Å². The largest absolute Gasteiger partial charge is 0.394 e. The van der Waals surface area contributed by atoms with Gasteiger partial charge in [0.2, 0.25) is 10.0 Å². The van der Waals surface area contributed by atoms with E-state index in [0.717, 1.165) is 25.3 Å². The van der Waals surface area contributed by atoms with E-state index < -0.39 is 15.8 Å². The van der Waals surface area contributed by atoms with E-state index in [1.807, 2.05) is 0 Å². The van der Waals surface area contributed by atoms with Gasteiger partial charge in [0, 0.05) is 6.54 Å². The molecule has 3 N–H and O–H groups in total. The predicted octanol–water partition coefficient (Wildman–Crippen LogP) is 0.824. The van der Waals surface area contributed by atoms with Gasteiger partial charge in [-0.1, -0.05) is 0 Å². The molecule has 0 aromatic heterocycles. The number of hydrogen-bond acceptors (Lipinski definition) is 4. The summed E-state index contributed by atoms with van der Waals surface area (Å²) in [6.45, 7) is 0.604. The predicted molar refractivity (Wildman–Crippen MR) is 69.8 cm³/mol. The lowest BCUT2D eigenvalue weighted by atomic mass is 10.0. The van der Waals surface area contributed by atoms with Crippen LogP contribution in [0.3, 0.4) is 0 Å². The van der Waals surface area contributed by atoms with Gasteiger partial charge in [-0.3, -0.25) is 0 Å². The van der Waals surface area contributed by atoms with E-state index in [1.54, 1.807) is 4.90 Å². The molecule has 0 spiro atoms. The van der Waals surface area contributed by atoms with Crippen LogP contribution < -0.4 is 10.0 Å². The second-order valence-electron chi connectivity index (χ2n) is 4.68. The maximum absolute atomic E-state index is 14.0. The van der Waals surface area contributed by atoms with Crippen molar-refractivity contribution in [2.75, 3.05) is 18.1 Å². The summed E-state index contributed by atoms with van der Waals surface area (Å²) in [5.74, 6) is -0.633. The smallest absolute Gasteiger partial charge is 0.238 e. The lowest BCUT2D eigenvalue weighted by molar-refractivity contribution is 0.239. The first-order valence-electron chi connectivity index (χ1n) is 6.13. The van der Waals surface area contributed by atoms with Crippen LogP contribution in [0.2, 0.25) is 0 Å². The first-order chi connectivity index (χ1) is 8.93. The van der Waals surface area contributed by atoms with Crippen LogP contribution in [0.25, 0.3) is 0 Å². The minimum atomic E-state index is -3.90. The van der Waals surface area contributed by atoms with E-state index in [2.05, 4.69) is 0 Å². The molecule has 106 valence electrons. The third kappa shape index (κ3) is 3.05. The molecule has 0 amide bonds. The zero-order valence-corrected chi connectivity index (χ0v) is 11.2. The molecule has 5 nitrogen and oxygen atoms in total. The molecule has 19 heavy (non-hydrogen) atoms. The summed E-state index contributed by atoms with van der Waals surface area (Å²) in [5.41, 5.74) is 0.311. The van der Waals surface area contributed by atoms with Gasteiger partial charge in [-0.15, -0.1) is 0 Å². The molecule has 0 saturated carbocycles. The summed E-state index contributed by atoms with van der Waals surface area (Å²) in [4.78, 5) is 1.54. The van der Waals surface area contributed by atoms with Crippen LogP contribution in [0.5, 0.6) is 0 Å². The van der Waals surface area contributed by atoms with Crippen molar-refractivity contribution in [1.82, 2.24) is 0 Å². The molecule has 2 rings (SSSR count). The zero-order valence-electron chi connectivity index (χ0n) is 10.4. The minimum Gasteiger partial charge on any atom is -0.394 e.